The van der Waals surface area contributed by atoms with Crippen molar-refractivity contribution in [3.05, 3.63) is 59.5 Å². The third kappa shape index (κ3) is 4.29. The summed E-state index contributed by atoms with van der Waals surface area (Å²) in [7, 11) is 0. The summed E-state index contributed by atoms with van der Waals surface area (Å²) in [6.45, 7) is 7.60. The van der Waals surface area contributed by atoms with E-state index in [0.717, 1.165) is 44.0 Å². The van der Waals surface area contributed by atoms with Gasteiger partial charge in [0.2, 0.25) is 0 Å². The molecule has 1 aliphatic carbocycles. The van der Waals surface area contributed by atoms with Gasteiger partial charge in [0.1, 0.15) is 5.69 Å². The maximum absolute atomic E-state index is 4.88. The van der Waals surface area contributed by atoms with Gasteiger partial charge in [-0.3, -0.25) is 4.68 Å². The Hall–Kier alpha value is -1.82. The molecule has 5 nitrogen and oxygen atoms in total. The Morgan fingerprint density at radius 2 is 1.87 bits per heavy atom. The maximum Gasteiger partial charge on any atom is 0.161 e. The number of fused-ring (bicyclic) bond motifs is 2. The standard InChI is InChI=1S/C23H29N5.2ClH/c1-23(2,15-17-12-18-6-3-4-7-19(18)13-17)27-11-9-25-22(27)21-14-20-16-24-8-5-10-28(20)26-21;;/h3-4,6-7,9,11,14,17,24H,5,8,10,12-13,15-16H2,1-2H3;2*1H. The third-order valence-electron chi connectivity index (χ3n) is 6.34. The minimum absolute atomic E-state index is 0. The molecule has 0 unspecified atom stereocenters. The van der Waals surface area contributed by atoms with E-state index in [-0.39, 0.29) is 30.4 Å². The number of aromatic nitrogens is 4. The molecule has 2 aliphatic rings. The highest BCUT2D eigenvalue weighted by Gasteiger charge is 2.31. The molecular weight excluding hydrogens is 417 g/mol. The number of halogens is 2. The molecule has 30 heavy (non-hydrogen) atoms. The van der Waals surface area contributed by atoms with E-state index in [1.54, 1.807) is 0 Å². The summed E-state index contributed by atoms with van der Waals surface area (Å²) in [5, 5.41) is 8.36. The second-order valence-corrected chi connectivity index (χ2v) is 8.95. The van der Waals surface area contributed by atoms with E-state index in [2.05, 4.69) is 64.9 Å². The zero-order valence-electron chi connectivity index (χ0n) is 17.7. The zero-order valence-corrected chi connectivity index (χ0v) is 19.3. The lowest BCUT2D eigenvalue weighted by atomic mass is 9.88. The van der Waals surface area contributed by atoms with Gasteiger partial charge >= 0.3 is 0 Å². The molecule has 0 radical (unpaired) electrons. The van der Waals surface area contributed by atoms with Crippen LogP contribution in [-0.2, 0) is 31.5 Å². The molecule has 1 N–H and O–H groups in total. The highest BCUT2D eigenvalue weighted by Crippen LogP contribution is 2.36. The van der Waals surface area contributed by atoms with E-state index in [9.17, 15) is 0 Å². The molecule has 2 aromatic heterocycles. The van der Waals surface area contributed by atoms with Crippen molar-refractivity contribution in [1.82, 2.24) is 24.6 Å². The summed E-state index contributed by atoms with van der Waals surface area (Å²) in [6, 6.07) is 11.1. The van der Waals surface area contributed by atoms with Crippen LogP contribution in [0.15, 0.2) is 42.7 Å². The van der Waals surface area contributed by atoms with Crippen LogP contribution < -0.4 is 5.32 Å². The fourth-order valence-corrected chi connectivity index (χ4v) is 5.05. The predicted molar refractivity (Wildman–Crippen MR) is 126 cm³/mol. The van der Waals surface area contributed by atoms with E-state index in [4.69, 9.17) is 10.1 Å². The van der Waals surface area contributed by atoms with Gasteiger partial charge < -0.3 is 9.88 Å². The van der Waals surface area contributed by atoms with Crippen molar-refractivity contribution in [2.75, 3.05) is 6.54 Å². The lowest BCUT2D eigenvalue weighted by molar-refractivity contribution is 0.271. The van der Waals surface area contributed by atoms with Crippen LogP contribution in [0.25, 0.3) is 11.5 Å². The van der Waals surface area contributed by atoms with Crippen LogP contribution in [0.1, 0.15) is 43.5 Å². The largest absolute Gasteiger partial charge is 0.324 e. The summed E-state index contributed by atoms with van der Waals surface area (Å²) in [4.78, 5) is 4.70. The van der Waals surface area contributed by atoms with Gasteiger partial charge in [-0.25, -0.2) is 4.98 Å². The molecule has 1 aromatic carbocycles. The summed E-state index contributed by atoms with van der Waals surface area (Å²) in [5.41, 5.74) is 5.30. The molecule has 1 aliphatic heterocycles. The van der Waals surface area contributed by atoms with Crippen LogP contribution in [-0.4, -0.2) is 25.9 Å². The van der Waals surface area contributed by atoms with E-state index >= 15 is 0 Å². The smallest absolute Gasteiger partial charge is 0.161 e. The van der Waals surface area contributed by atoms with Crippen molar-refractivity contribution in [3.63, 3.8) is 0 Å². The van der Waals surface area contributed by atoms with Crippen LogP contribution in [0, 0.1) is 5.92 Å². The first-order chi connectivity index (χ1) is 13.6. The molecule has 3 aromatic rings. The van der Waals surface area contributed by atoms with Crippen LogP contribution in [0.4, 0.5) is 0 Å². The van der Waals surface area contributed by atoms with Gasteiger partial charge in [-0.1, -0.05) is 24.3 Å². The van der Waals surface area contributed by atoms with Gasteiger partial charge in [-0.2, -0.15) is 5.10 Å². The van der Waals surface area contributed by atoms with Crippen LogP contribution >= 0.6 is 24.8 Å². The van der Waals surface area contributed by atoms with Gasteiger partial charge in [-0.15, -0.1) is 24.8 Å². The molecule has 0 saturated heterocycles. The topological polar surface area (TPSA) is 47.7 Å². The lowest BCUT2D eigenvalue weighted by Crippen LogP contribution is -2.29. The van der Waals surface area contributed by atoms with Crippen LogP contribution in [0.2, 0.25) is 0 Å². The fourth-order valence-electron chi connectivity index (χ4n) is 5.05. The van der Waals surface area contributed by atoms with Gasteiger partial charge in [0.25, 0.3) is 0 Å². The second-order valence-electron chi connectivity index (χ2n) is 8.95. The molecule has 0 amide bonds. The Morgan fingerprint density at radius 1 is 1.13 bits per heavy atom. The monoisotopic (exact) mass is 447 g/mol. The first-order valence-electron chi connectivity index (χ1n) is 10.5. The number of nitrogens with zero attached hydrogens (tertiary/aromatic N) is 4. The second kappa shape index (κ2) is 9.13. The molecule has 5 rings (SSSR count). The van der Waals surface area contributed by atoms with E-state index in [1.807, 2.05) is 6.20 Å². The minimum atomic E-state index is -0.00218. The Kier molecular flexibility index (Phi) is 6.95. The third-order valence-corrected chi connectivity index (χ3v) is 6.34. The number of imidazole rings is 1. The van der Waals surface area contributed by atoms with E-state index in [0.29, 0.717) is 5.92 Å². The molecule has 0 spiro atoms. The number of hydrogen-bond acceptors (Lipinski definition) is 3. The lowest BCUT2D eigenvalue weighted by Gasteiger charge is -2.31. The average molecular weight is 448 g/mol. The molecule has 0 atom stereocenters. The van der Waals surface area contributed by atoms with Gasteiger partial charge in [0, 0.05) is 31.0 Å². The van der Waals surface area contributed by atoms with Gasteiger partial charge in [0.15, 0.2) is 5.82 Å². The molecule has 0 saturated carbocycles. The summed E-state index contributed by atoms with van der Waals surface area (Å²) >= 11 is 0. The molecule has 7 heteroatoms. The summed E-state index contributed by atoms with van der Waals surface area (Å²) in [6.07, 6.45) is 8.68. The highest BCUT2D eigenvalue weighted by molar-refractivity contribution is 5.85. The average Bonchev–Trinajstić information content (AvgIpc) is 3.36. The first kappa shape index (κ1) is 22.9. The molecule has 0 bridgehead atoms. The SMILES string of the molecule is CC(C)(CC1Cc2ccccc2C1)n1ccnc1-c1cc2n(n1)CCCNC2.Cl.Cl. The Labute approximate surface area is 191 Å². The van der Waals surface area contributed by atoms with Crippen molar-refractivity contribution < 1.29 is 0 Å². The van der Waals surface area contributed by atoms with Crippen molar-refractivity contribution in [3.8, 4) is 11.5 Å². The Morgan fingerprint density at radius 3 is 2.60 bits per heavy atom. The number of rotatable bonds is 4. The number of benzene rings is 1. The molecular formula is C23H31Cl2N5. The van der Waals surface area contributed by atoms with Crippen molar-refractivity contribution in [2.45, 2.75) is 58.2 Å². The molecule has 162 valence electrons. The van der Waals surface area contributed by atoms with Crippen LogP contribution in [0.5, 0.6) is 0 Å². The van der Waals surface area contributed by atoms with E-state index < -0.39 is 0 Å². The van der Waals surface area contributed by atoms with Gasteiger partial charge in [0.05, 0.1) is 5.69 Å². The quantitative estimate of drug-likeness (QED) is 0.634. The fraction of sp³-hybridized carbons (Fsp3) is 0.478. The highest BCUT2D eigenvalue weighted by atomic mass is 35.5. The number of aryl methyl sites for hydroxylation is 1. The van der Waals surface area contributed by atoms with Crippen molar-refractivity contribution in [1.29, 1.82) is 0 Å². The minimum Gasteiger partial charge on any atom is -0.324 e. The van der Waals surface area contributed by atoms with Crippen LogP contribution in [0.3, 0.4) is 0 Å². The van der Waals surface area contributed by atoms with Gasteiger partial charge in [-0.05, 0) is 69.2 Å². The Bertz CT molecular complexity index is 943. The molecule has 3 heterocycles. The Balaban J connectivity index is 0.00000128. The number of nitrogens with one attached hydrogen (secondary N) is 1. The maximum atomic E-state index is 4.88. The number of hydrogen-bond donors (Lipinski definition) is 1. The predicted octanol–water partition coefficient (Wildman–Crippen LogP) is 4.62. The summed E-state index contributed by atoms with van der Waals surface area (Å²) < 4.78 is 4.49. The molecule has 0 fully saturated rings. The van der Waals surface area contributed by atoms with E-state index in [1.165, 1.54) is 29.7 Å². The first-order valence-corrected chi connectivity index (χ1v) is 10.5. The zero-order chi connectivity index (χ0) is 19.1. The normalized spacial score (nSPS) is 16.2. The van der Waals surface area contributed by atoms with Crippen molar-refractivity contribution >= 4 is 24.8 Å². The summed E-state index contributed by atoms with van der Waals surface area (Å²) in [5.74, 6) is 1.67. The van der Waals surface area contributed by atoms with Crippen molar-refractivity contribution in [2.24, 2.45) is 5.92 Å².